The Labute approximate surface area is 131 Å². The fraction of sp³-hybridized carbons (Fsp3) is 0.412. The van der Waals surface area contributed by atoms with Gasteiger partial charge in [-0.25, -0.2) is 9.66 Å². The zero-order chi connectivity index (χ0) is 15.5. The number of piperidine rings is 1. The highest BCUT2D eigenvalue weighted by molar-refractivity contribution is 5.82. The molecule has 1 fully saturated rings. The van der Waals surface area contributed by atoms with Crippen molar-refractivity contribution in [3.63, 3.8) is 0 Å². The summed E-state index contributed by atoms with van der Waals surface area (Å²) in [5.41, 5.74) is 10.3. The second kappa shape index (κ2) is 6.22. The van der Waals surface area contributed by atoms with Gasteiger partial charge in [0.05, 0.1) is 18.1 Å². The van der Waals surface area contributed by atoms with E-state index in [1.54, 1.807) is 4.68 Å². The molecule has 22 heavy (non-hydrogen) atoms. The Balaban J connectivity index is 1.78. The molecule has 1 saturated heterocycles. The van der Waals surface area contributed by atoms with E-state index in [0.717, 1.165) is 24.3 Å². The molecular formula is C17H23N5. The summed E-state index contributed by atoms with van der Waals surface area (Å²) in [6.45, 7) is 6.35. The van der Waals surface area contributed by atoms with Crippen LogP contribution in [0.25, 0.3) is 0 Å². The van der Waals surface area contributed by atoms with Gasteiger partial charge in [-0.2, -0.15) is 5.10 Å². The second-order valence-electron chi connectivity index (χ2n) is 5.92. The van der Waals surface area contributed by atoms with E-state index in [9.17, 15) is 0 Å². The Bertz CT molecular complexity index is 680. The summed E-state index contributed by atoms with van der Waals surface area (Å²) < 4.78 is 1.60. The smallest absolute Gasteiger partial charge is 0.221 e. The lowest BCUT2D eigenvalue weighted by atomic mass is 10.1. The molecule has 0 spiro atoms. The number of imidazole rings is 1. The average Bonchev–Trinajstić information content (AvgIpc) is 2.85. The Kier molecular flexibility index (Phi) is 4.13. The molecule has 5 heteroatoms. The summed E-state index contributed by atoms with van der Waals surface area (Å²) in [6, 6.07) is 6.56. The standard InChI is InChI=1S/C17H23N5/c1-13-10-16(21-8-4-3-5-9-21)7-6-15(13)11-19-22-12-14(2)20-17(22)18/h6-7,10-12H,3-5,8-9H2,1-2H3,(H2,18,20). The van der Waals surface area contributed by atoms with Gasteiger partial charge in [0.25, 0.3) is 0 Å². The second-order valence-corrected chi connectivity index (χ2v) is 5.92. The fourth-order valence-corrected chi connectivity index (χ4v) is 2.87. The van der Waals surface area contributed by atoms with Gasteiger partial charge in [0.15, 0.2) is 0 Å². The Morgan fingerprint density at radius 2 is 1.95 bits per heavy atom. The number of rotatable bonds is 3. The van der Waals surface area contributed by atoms with E-state index < -0.39 is 0 Å². The van der Waals surface area contributed by atoms with Gasteiger partial charge in [-0.15, -0.1) is 0 Å². The van der Waals surface area contributed by atoms with Crippen LogP contribution in [-0.4, -0.2) is 29.0 Å². The lowest BCUT2D eigenvalue weighted by Gasteiger charge is -2.29. The third-order valence-electron chi connectivity index (χ3n) is 4.13. The van der Waals surface area contributed by atoms with Crippen LogP contribution in [0.5, 0.6) is 0 Å². The van der Waals surface area contributed by atoms with Crippen molar-refractivity contribution in [2.75, 3.05) is 23.7 Å². The third-order valence-corrected chi connectivity index (χ3v) is 4.13. The van der Waals surface area contributed by atoms with Gasteiger partial charge in [-0.3, -0.25) is 0 Å². The van der Waals surface area contributed by atoms with Gasteiger partial charge in [-0.1, -0.05) is 6.07 Å². The Morgan fingerprint density at radius 1 is 1.18 bits per heavy atom. The summed E-state index contributed by atoms with van der Waals surface area (Å²) in [5.74, 6) is 0.413. The molecule has 2 N–H and O–H groups in total. The predicted octanol–water partition coefficient (Wildman–Crippen LogP) is 2.95. The number of nitrogen functional groups attached to an aromatic ring is 1. The summed E-state index contributed by atoms with van der Waals surface area (Å²) in [7, 11) is 0. The minimum Gasteiger partial charge on any atom is -0.372 e. The minimum atomic E-state index is 0.413. The molecule has 0 bridgehead atoms. The molecule has 0 atom stereocenters. The first-order chi connectivity index (χ1) is 10.6. The number of hydrogen-bond donors (Lipinski definition) is 1. The van der Waals surface area contributed by atoms with Crippen molar-refractivity contribution in [2.45, 2.75) is 33.1 Å². The van der Waals surface area contributed by atoms with Crippen LogP contribution in [0.3, 0.4) is 0 Å². The maximum absolute atomic E-state index is 5.80. The topological polar surface area (TPSA) is 59.4 Å². The molecular weight excluding hydrogens is 274 g/mol. The highest BCUT2D eigenvalue weighted by Gasteiger charge is 2.11. The number of nitrogens with zero attached hydrogens (tertiary/aromatic N) is 4. The minimum absolute atomic E-state index is 0.413. The van der Waals surface area contributed by atoms with Gasteiger partial charge in [0, 0.05) is 18.8 Å². The molecule has 1 aromatic carbocycles. The largest absolute Gasteiger partial charge is 0.372 e. The van der Waals surface area contributed by atoms with E-state index in [-0.39, 0.29) is 0 Å². The first-order valence-electron chi connectivity index (χ1n) is 7.85. The van der Waals surface area contributed by atoms with Crippen molar-refractivity contribution in [1.82, 2.24) is 9.66 Å². The summed E-state index contributed by atoms with van der Waals surface area (Å²) >= 11 is 0. The SMILES string of the molecule is Cc1cn(N=Cc2ccc(N3CCCCC3)cc2C)c(N)n1. The third kappa shape index (κ3) is 3.13. The number of anilines is 2. The van der Waals surface area contributed by atoms with Crippen molar-refractivity contribution < 1.29 is 0 Å². The number of hydrogen-bond acceptors (Lipinski definition) is 4. The van der Waals surface area contributed by atoms with E-state index in [4.69, 9.17) is 5.73 Å². The van der Waals surface area contributed by atoms with Gasteiger partial charge in [0.2, 0.25) is 5.95 Å². The van der Waals surface area contributed by atoms with Crippen molar-refractivity contribution in [3.05, 3.63) is 41.2 Å². The van der Waals surface area contributed by atoms with Crippen LogP contribution in [-0.2, 0) is 0 Å². The van der Waals surface area contributed by atoms with Crippen LogP contribution in [0.2, 0.25) is 0 Å². The van der Waals surface area contributed by atoms with E-state index >= 15 is 0 Å². The molecule has 0 unspecified atom stereocenters. The molecule has 116 valence electrons. The molecule has 0 radical (unpaired) electrons. The molecule has 5 nitrogen and oxygen atoms in total. The molecule has 2 aromatic rings. The van der Waals surface area contributed by atoms with Crippen LogP contribution in [0.4, 0.5) is 11.6 Å². The zero-order valence-electron chi connectivity index (χ0n) is 13.3. The van der Waals surface area contributed by atoms with Crippen LogP contribution in [0.15, 0.2) is 29.5 Å². The molecule has 0 aliphatic carbocycles. The lowest BCUT2D eigenvalue weighted by Crippen LogP contribution is -2.29. The number of aryl methyl sites for hydroxylation is 2. The molecule has 1 aromatic heterocycles. The quantitative estimate of drug-likeness (QED) is 0.886. The van der Waals surface area contributed by atoms with Gasteiger partial charge >= 0.3 is 0 Å². The maximum Gasteiger partial charge on any atom is 0.221 e. The molecule has 1 aliphatic heterocycles. The zero-order valence-corrected chi connectivity index (χ0v) is 13.3. The normalized spacial score (nSPS) is 15.6. The lowest BCUT2D eigenvalue weighted by molar-refractivity contribution is 0.578. The number of aromatic nitrogens is 2. The Hall–Kier alpha value is -2.30. The van der Waals surface area contributed by atoms with Gasteiger partial charge < -0.3 is 10.6 Å². The summed E-state index contributed by atoms with van der Waals surface area (Å²) in [6.07, 6.45) is 7.60. The molecule has 1 aliphatic rings. The van der Waals surface area contributed by atoms with Gasteiger partial charge in [0.1, 0.15) is 0 Å². The summed E-state index contributed by atoms with van der Waals surface area (Å²) in [4.78, 5) is 6.61. The monoisotopic (exact) mass is 297 g/mol. The Morgan fingerprint density at radius 3 is 2.59 bits per heavy atom. The number of benzene rings is 1. The van der Waals surface area contributed by atoms with E-state index in [2.05, 4.69) is 40.1 Å². The first kappa shape index (κ1) is 14.6. The highest BCUT2D eigenvalue weighted by Crippen LogP contribution is 2.22. The molecule has 3 rings (SSSR count). The molecule has 0 amide bonds. The van der Waals surface area contributed by atoms with E-state index in [1.165, 1.54) is 30.5 Å². The van der Waals surface area contributed by atoms with Crippen LogP contribution >= 0.6 is 0 Å². The number of nitrogens with two attached hydrogens (primary N) is 1. The van der Waals surface area contributed by atoms with Crippen LogP contribution in [0, 0.1) is 13.8 Å². The van der Waals surface area contributed by atoms with E-state index in [1.807, 2.05) is 19.3 Å². The van der Waals surface area contributed by atoms with Crippen molar-refractivity contribution in [1.29, 1.82) is 0 Å². The van der Waals surface area contributed by atoms with Gasteiger partial charge in [-0.05, 0) is 56.4 Å². The highest BCUT2D eigenvalue weighted by atomic mass is 15.4. The molecule has 2 heterocycles. The average molecular weight is 297 g/mol. The maximum atomic E-state index is 5.80. The first-order valence-corrected chi connectivity index (χ1v) is 7.85. The molecule has 0 saturated carbocycles. The summed E-state index contributed by atoms with van der Waals surface area (Å²) in [5, 5.41) is 4.39. The van der Waals surface area contributed by atoms with Crippen LogP contribution in [0.1, 0.15) is 36.1 Å². The van der Waals surface area contributed by atoms with Crippen molar-refractivity contribution in [3.8, 4) is 0 Å². The van der Waals surface area contributed by atoms with Crippen LogP contribution < -0.4 is 10.6 Å². The van der Waals surface area contributed by atoms with Crippen molar-refractivity contribution in [2.24, 2.45) is 5.10 Å². The predicted molar refractivity (Wildman–Crippen MR) is 91.6 cm³/mol. The fourth-order valence-electron chi connectivity index (χ4n) is 2.87. The van der Waals surface area contributed by atoms with E-state index in [0.29, 0.717) is 5.95 Å². The van der Waals surface area contributed by atoms with Crippen molar-refractivity contribution >= 4 is 17.9 Å².